The van der Waals surface area contributed by atoms with Crippen molar-refractivity contribution in [2.45, 2.75) is 40.2 Å². The second-order valence-electron chi connectivity index (χ2n) is 4.06. The van der Waals surface area contributed by atoms with Gasteiger partial charge in [-0.15, -0.1) is 0 Å². The van der Waals surface area contributed by atoms with Crippen LogP contribution in [0.1, 0.15) is 42.3 Å². The standard InChI is InChI=1S/C11H18N2O2/c1-6(2)10-8(4)7(3)9(5-12)13(10)11(14)15/h6H,5,12H2,1-4H3,(H,14,15). The lowest BCUT2D eigenvalue weighted by molar-refractivity contribution is 0.194. The molecule has 84 valence electrons. The van der Waals surface area contributed by atoms with E-state index in [1.54, 1.807) is 0 Å². The molecule has 1 rings (SSSR count). The van der Waals surface area contributed by atoms with Gasteiger partial charge in [-0.2, -0.15) is 0 Å². The van der Waals surface area contributed by atoms with Crippen molar-refractivity contribution in [1.82, 2.24) is 4.57 Å². The van der Waals surface area contributed by atoms with Crippen molar-refractivity contribution in [1.29, 1.82) is 0 Å². The average Bonchev–Trinajstić information content (AvgIpc) is 2.39. The fraction of sp³-hybridized carbons (Fsp3) is 0.545. The molecule has 1 heterocycles. The van der Waals surface area contributed by atoms with Gasteiger partial charge in [0.1, 0.15) is 0 Å². The summed E-state index contributed by atoms with van der Waals surface area (Å²) in [5.74, 6) is 0.181. The van der Waals surface area contributed by atoms with Crippen LogP contribution in [0.2, 0.25) is 0 Å². The molecule has 3 N–H and O–H groups in total. The van der Waals surface area contributed by atoms with Crippen LogP contribution in [-0.4, -0.2) is 15.8 Å². The first-order chi connectivity index (χ1) is 6.91. The highest BCUT2D eigenvalue weighted by Gasteiger charge is 2.22. The predicted molar refractivity (Wildman–Crippen MR) is 59.3 cm³/mol. The fourth-order valence-corrected chi connectivity index (χ4v) is 2.04. The molecule has 0 atom stereocenters. The second-order valence-corrected chi connectivity index (χ2v) is 4.06. The Morgan fingerprint density at radius 3 is 2.27 bits per heavy atom. The maximum Gasteiger partial charge on any atom is 0.416 e. The molecule has 0 spiro atoms. The van der Waals surface area contributed by atoms with Gasteiger partial charge in [0.15, 0.2) is 0 Å². The highest BCUT2D eigenvalue weighted by Crippen LogP contribution is 2.27. The van der Waals surface area contributed by atoms with Gasteiger partial charge in [-0.1, -0.05) is 13.8 Å². The van der Waals surface area contributed by atoms with Crippen LogP contribution in [0.4, 0.5) is 4.79 Å². The van der Waals surface area contributed by atoms with Gasteiger partial charge in [-0.25, -0.2) is 4.79 Å². The normalized spacial score (nSPS) is 11.1. The summed E-state index contributed by atoms with van der Waals surface area (Å²) in [7, 11) is 0. The Kier molecular flexibility index (Phi) is 3.19. The van der Waals surface area contributed by atoms with Gasteiger partial charge >= 0.3 is 6.09 Å². The lowest BCUT2D eigenvalue weighted by Gasteiger charge is -2.10. The number of hydrogen-bond donors (Lipinski definition) is 2. The van der Waals surface area contributed by atoms with E-state index < -0.39 is 6.09 Å². The fourth-order valence-electron chi connectivity index (χ4n) is 2.04. The summed E-state index contributed by atoms with van der Waals surface area (Å²) in [6, 6.07) is 0. The number of hydrogen-bond acceptors (Lipinski definition) is 2. The van der Waals surface area contributed by atoms with E-state index in [9.17, 15) is 9.90 Å². The number of nitrogens with zero attached hydrogens (tertiary/aromatic N) is 1. The van der Waals surface area contributed by atoms with Crippen molar-refractivity contribution in [2.75, 3.05) is 0 Å². The molecule has 1 aromatic rings. The van der Waals surface area contributed by atoms with Crippen LogP contribution < -0.4 is 5.73 Å². The molecule has 0 saturated heterocycles. The van der Waals surface area contributed by atoms with Gasteiger partial charge in [-0.3, -0.25) is 4.57 Å². The molecule has 0 saturated carbocycles. The third-order valence-electron chi connectivity index (χ3n) is 2.82. The average molecular weight is 210 g/mol. The molecule has 0 unspecified atom stereocenters. The zero-order chi connectivity index (χ0) is 11.7. The summed E-state index contributed by atoms with van der Waals surface area (Å²) >= 11 is 0. The summed E-state index contributed by atoms with van der Waals surface area (Å²) in [6.45, 7) is 8.10. The molecule has 4 heteroatoms. The van der Waals surface area contributed by atoms with Gasteiger partial charge < -0.3 is 10.8 Å². The van der Waals surface area contributed by atoms with E-state index >= 15 is 0 Å². The molecule has 0 aromatic carbocycles. The highest BCUT2D eigenvalue weighted by atomic mass is 16.4. The van der Waals surface area contributed by atoms with E-state index in [2.05, 4.69) is 0 Å². The SMILES string of the molecule is Cc1c(C)c(C(C)C)n(C(=O)O)c1CN. The summed E-state index contributed by atoms with van der Waals surface area (Å²) in [5.41, 5.74) is 9.16. The lowest BCUT2D eigenvalue weighted by atomic mass is 10.0. The van der Waals surface area contributed by atoms with E-state index in [1.807, 2.05) is 27.7 Å². The van der Waals surface area contributed by atoms with Crippen molar-refractivity contribution in [2.24, 2.45) is 5.73 Å². The van der Waals surface area contributed by atoms with Crippen LogP contribution in [0.3, 0.4) is 0 Å². The molecule has 15 heavy (non-hydrogen) atoms. The predicted octanol–water partition coefficient (Wildman–Crippen LogP) is 2.21. The number of carbonyl (C=O) groups is 1. The number of nitrogens with two attached hydrogens (primary N) is 1. The van der Waals surface area contributed by atoms with Gasteiger partial charge in [-0.05, 0) is 30.9 Å². The molecule has 0 aliphatic carbocycles. The Bertz CT molecular complexity index is 392. The molecule has 0 aliphatic heterocycles. The summed E-state index contributed by atoms with van der Waals surface area (Å²) < 4.78 is 1.33. The molecule has 0 amide bonds. The monoisotopic (exact) mass is 210 g/mol. The molecule has 4 nitrogen and oxygen atoms in total. The minimum atomic E-state index is -0.949. The van der Waals surface area contributed by atoms with Crippen molar-refractivity contribution in [3.05, 3.63) is 22.5 Å². The van der Waals surface area contributed by atoms with Crippen LogP contribution in [0.15, 0.2) is 0 Å². The van der Waals surface area contributed by atoms with E-state index in [-0.39, 0.29) is 12.5 Å². The van der Waals surface area contributed by atoms with E-state index in [0.717, 1.165) is 16.8 Å². The molecular weight excluding hydrogens is 192 g/mol. The van der Waals surface area contributed by atoms with E-state index in [1.165, 1.54) is 4.57 Å². The third-order valence-corrected chi connectivity index (χ3v) is 2.82. The maximum atomic E-state index is 11.2. The zero-order valence-corrected chi connectivity index (χ0v) is 9.66. The van der Waals surface area contributed by atoms with Crippen LogP contribution in [-0.2, 0) is 6.54 Å². The van der Waals surface area contributed by atoms with Crippen LogP contribution in [0.5, 0.6) is 0 Å². The molecule has 1 aromatic heterocycles. The first kappa shape index (κ1) is 11.8. The Morgan fingerprint density at radius 1 is 1.40 bits per heavy atom. The Labute approximate surface area is 89.7 Å². The lowest BCUT2D eigenvalue weighted by Crippen LogP contribution is -2.18. The minimum absolute atomic E-state index is 0.181. The Hall–Kier alpha value is -1.29. The highest BCUT2D eigenvalue weighted by molar-refractivity contribution is 5.72. The third kappa shape index (κ3) is 1.77. The Morgan fingerprint density at radius 2 is 1.93 bits per heavy atom. The van der Waals surface area contributed by atoms with Crippen molar-refractivity contribution in [3.8, 4) is 0 Å². The molecule has 0 bridgehead atoms. The second kappa shape index (κ2) is 4.06. The first-order valence-corrected chi connectivity index (χ1v) is 5.05. The first-order valence-electron chi connectivity index (χ1n) is 5.05. The molecule has 0 aliphatic rings. The van der Waals surface area contributed by atoms with Gasteiger partial charge in [0.2, 0.25) is 0 Å². The maximum absolute atomic E-state index is 11.2. The smallest absolute Gasteiger partial charge is 0.416 e. The largest absolute Gasteiger partial charge is 0.464 e. The van der Waals surface area contributed by atoms with E-state index in [0.29, 0.717) is 5.69 Å². The van der Waals surface area contributed by atoms with Crippen molar-refractivity contribution >= 4 is 6.09 Å². The summed E-state index contributed by atoms with van der Waals surface area (Å²) in [4.78, 5) is 11.2. The Balaban J connectivity index is 3.56. The topological polar surface area (TPSA) is 68.2 Å². The summed E-state index contributed by atoms with van der Waals surface area (Å²) in [5, 5.41) is 9.17. The molecule has 0 radical (unpaired) electrons. The van der Waals surface area contributed by atoms with Gasteiger partial charge in [0.25, 0.3) is 0 Å². The van der Waals surface area contributed by atoms with Crippen molar-refractivity contribution < 1.29 is 9.90 Å². The minimum Gasteiger partial charge on any atom is -0.464 e. The molecular formula is C11H18N2O2. The van der Waals surface area contributed by atoms with Crippen LogP contribution in [0, 0.1) is 13.8 Å². The zero-order valence-electron chi connectivity index (χ0n) is 9.66. The quantitative estimate of drug-likeness (QED) is 0.786. The number of carboxylic acid groups (broad SMARTS) is 1. The van der Waals surface area contributed by atoms with Crippen molar-refractivity contribution in [3.63, 3.8) is 0 Å². The van der Waals surface area contributed by atoms with E-state index in [4.69, 9.17) is 5.73 Å². The van der Waals surface area contributed by atoms with Gasteiger partial charge in [0.05, 0.1) is 0 Å². The van der Waals surface area contributed by atoms with Gasteiger partial charge in [0, 0.05) is 17.9 Å². The van der Waals surface area contributed by atoms with Crippen LogP contribution >= 0.6 is 0 Å². The number of rotatable bonds is 2. The number of aromatic nitrogens is 1. The molecule has 0 fully saturated rings. The summed E-state index contributed by atoms with van der Waals surface area (Å²) in [6.07, 6.45) is -0.949. The van der Waals surface area contributed by atoms with Crippen LogP contribution in [0.25, 0.3) is 0 Å².